The molecule has 0 spiro atoms. The molecule has 0 fully saturated rings. The Bertz CT molecular complexity index is 6460. The molecule has 0 bridgehead atoms. The Morgan fingerprint density at radius 1 is 0.264 bits per heavy atom. The van der Waals surface area contributed by atoms with E-state index in [2.05, 4.69) is 395 Å². The summed E-state index contributed by atoms with van der Waals surface area (Å²) in [6.07, 6.45) is 0. The topological polar surface area (TPSA) is 25.4 Å². The van der Waals surface area contributed by atoms with E-state index in [0.717, 1.165) is 130 Å². The van der Waals surface area contributed by atoms with Crippen molar-refractivity contribution in [1.29, 1.82) is 0 Å². The molecule has 106 heavy (non-hydrogen) atoms. The fraction of sp³-hybridized carbons (Fsp3) is 0. The first kappa shape index (κ1) is 60.5. The van der Waals surface area contributed by atoms with Gasteiger partial charge in [0.15, 0.2) is 0 Å². The molecule has 16 aromatic carbocycles. The lowest BCUT2D eigenvalue weighted by molar-refractivity contribution is 0.488. The zero-order chi connectivity index (χ0) is 69.5. The van der Waals surface area contributed by atoms with Gasteiger partial charge in [-0.25, -0.2) is 0 Å². The van der Waals surface area contributed by atoms with Gasteiger partial charge in [-0.3, -0.25) is 0 Å². The van der Waals surface area contributed by atoms with E-state index >= 15 is 0 Å². The summed E-state index contributed by atoms with van der Waals surface area (Å²) in [6, 6.07) is 137. The molecule has 4 aliphatic rings. The van der Waals surface area contributed by atoms with E-state index in [-0.39, 0.29) is 13.4 Å². The third kappa shape index (κ3) is 9.31. The Morgan fingerprint density at radius 3 is 1.32 bits per heavy atom. The summed E-state index contributed by atoms with van der Waals surface area (Å²) < 4.78 is 13.1. The quantitative estimate of drug-likeness (QED) is 0.120. The van der Waals surface area contributed by atoms with Crippen LogP contribution in [0.2, 0.25) is 0 Å². The minimum Gasteiger partial charge on any atom is -0.458 e. The van der Waals surface area contributed by atoms with Crippen LogP contribution in [0.25, 0.3) is 62.6 Å². The lowest BCUT2D eigenvalue weighted by atomic mass is 9.30. The number of hydrogen-bond donors (Lipinski definition) is 0. The summed E-state index contributed by atoms with van der Waals surface area (Å²) in [5.41, 5.74) is 27.6. The molecule has 2 aromatic heterocycles. The smallest absolute Gasteiger partial charge is 0.256 e. The van der Waals surface area contributed by atoms with Crippen molar-refractivity contribution < 1.29 is 4.74 Å². The highest BCUT2D eigenvalue weighted by atomic mass is 32.1. The van der Waals surface area contributed by atoms with E-state index in [1.807, 2.05) is 22.7 Å². The summed E-state index contributed by atoms with van der Waals surface area (Å²) >= 11 is 3.73. The van der Waals surface area contributed by atoms with Crippen LogP contribution in [0, 0.1) is 0 Å². The molecule has 0 atom stereocenters. The monoisotopic (exact) mass is 1390 g/mol. The zero-order valence-corrected chi connectivity index (χ0v) is 59.0. The van der Waals surface area contributed by atoms with E-state index in [1.165, 1.54) is 62.2 Å². The maximum absolute atomic E-state index is 8.09. The van der Waals surface area contributed by atoms with Crippen molar-refractivity contribution in [2.45, 2.75) is 0 Å². The zero-order valence-electron chi connectivity index (χ0n) is 57.3. The second-order valence-corrected chi connectivity index (χ2v) is 29.9. The molecule has 4 aliphatic heterocycles. The third-order valence-electron chi connectivity index (χ3n) is 22.0. The first-order valence-corrected chi connectivity index (χ1v) is 37.9. The molecular weight excluding hydrogens is 1320 g/mol. The maximum atomic E-state index is 8.09. The van der Waals surface area contributed by atoms with Crippen LogP contribution in [0.5, 0.6) is 11.5 Å². The second-order valence-electron chi connectivity index (χ2n) is 27.8. The van der Waals surface area contributed by atoms with Gasteiger partial charge in [0.05, 0.1) is 37.8 Å². The maximum Gasteiger partial charge on any atom is 0.256 e. The van der Waals surface area contributed by atoms with Gasteiger partial charge in [-0.15, -0.1) is 22.7 Å². The van der Waals surface area contributed by atoms with Gasteiger partial charge in [-0.1, -0.05) is 255 Å². The van der Waals surface area contributed by atoms with Gasteiger partial charge in [0, 0.05) is 111 Å². The highest BCUT2D eigenvalue weighted by molar-refractivity contribution is 7.27. The molecule has 494 valence electrons. The summed E-state index contributed by atoms with van der Waals surface area (Å²) in [7, 11) is 0. The van der Waals surface area contributed by atoms with Crippen LogP contribution in [0.15, 0.2) is 370 Å². The predicted molar refractivity (Wildman–Crippen MR) is 452 cm³/mol. The highest BCUT2D eigenvalue weighted by Gasteiger charge is 2.49. The summed E-state index contributed by atoms with van der Waals surface area (Å²) in [5.74, 6) is 1.61. The first-order chi connectivity index (χ1) is 52.6. The molecule has 0 saturated carbocycles. The molecule has 10 heteroatoms. The molecule has 18 aromatic rings. The number of hydrogen-bond acceptors (Lipinski definition) is 8. The first-order valence-electron chi connectivity index (χ1n) is 36.3. The number of fused-ring (bicyclic) bond motifs is 14. The molecule has 0 aliphatic carbocycles. The second kappa shape index (κ2) is 24.3. The van der Waals surface area contributed by atoms with Crippen LogP contribution in [0.1, 0.15) is 0 Å². The largest absolute Gasteiger partial charge is 0.458 e. The molecule has 0 amide bonds. The Morgan fingerprint density at radius 2 is 0.708 bits per heavy atom. The standard InChI is InChI=1S/C96H61B2N5OS2/c1-7-30-62(31-8-1)70-44-27-45-71(63-32-9-2-10-33-63)94(70)103-84-61-88-79(98-76-48-21-23-50-80(76)101(67-40-17-6-18-41-67)87-58-69(59-89(104-88)93(87)98)100(66-38-15-5-16-39-66)82-52-28-46-74-72-42-19-25-54-90(72)105-95(74)82)60-78(84)97-77-49-22-24-51-81(77)102(83-53-29-47-75-73-43-20-26-55-91(73)106-96(75)83)85-56-68(57-86(103)92(85)97)99(64-34-11-3-12-35-64)65-36-13-4-14-37-65/h1-61H. The van der Waals surface area contributed by atoms with E-state index in [0.29, 0.717) is 0 Å². The number of rotatable bonds is 11. The number of ether oxygens (including phenoxy) is 1. The van der Waals surface area contributed by atoms with Gasteiger partial charge in [0.1, 0.15) is 11.5 Å². The normalized spacial score (nSPS) is 12.9. The van der Waals surface area contributed by atoms with Crippen molar-refractivity contribution in [2.24, 2.45) is 0 Å². The van der Waals surface area contributed by atoms with Crippen LogP contribution in [-0.4, -0.2) is 13.4 Å². The average molecular weight is 1390 g/mol. The minimum absolute atomic E-state index is 0.250. The van der Waals surface area contributed by atoms with Crippen molar-refractivity contribution in [3.8, 4) is 33.8 Å². The van der Waals surface area contributed by atoms with Gasteiger partial charge in [0.2, 0.25) is 0 Å². The van der Waals surface area contributed by atoms with Gasteiger partial charge in [0.25, 0.3) is 13.4 Å². The predicted octanol–water partition coefficient (Wildman–Crippen LogP) is 23.2. The molecule has 6 heterocycles. The Kier molecular flexibility index (Phi) is 13.8. The van der Waals surface area contributed by atoms with Crippen LogP contribution in [0.3, 0.4) is 0 Å². The molecule has 0 N–H and O–H groups in total. The summed E-state index contributed by atoms with van der Waals surface area (Å²) in [5, 5.41) is 4.99. The Balaban J connectivity index is 0.864. The van der Waals surface area contributed by atoms with Crippen LogP contribution < -0.4 is 62.0 Å². The Labute approximate surface area is 623 Å². The number of thiophene rings is 2. The number of anilines is 15. The van der Waals surface area contributed by atoms with Crippen molar-refractivity contribution >= 4 is 195 Å². The molecular formula is C96H61B2N5OS2. The van der Waals surface area contributed by atoms with Gasteiger partial charge in [-0.2, -0.15) is 0 Å². The third-order valence-corrected chi connectivity index (χ3v) is 24.4. The summed E-state index contributed by atoms with van der Waals surface area (Å²) in [6.45, 7) is -0.519. The molecule has 22 rings (SSSR count). The van der Waals surface area contributed by atoms with E-state index in [1.54, 1.807) is 0 Å². The lowest BCUT2D eigenvalue weighted by Gasteiger charge is -2.46. The number of benzene rings is 16. The van der Waals surface area contributed by atoms with Crippen molar-refractivity contribution in [3.05, 3.63) is 370 Å². The molecule has 0 radical (unpaired) electrons. The number of para-hydroxylation sites is 7. The fourth-order valence-electron chi connectivity index (χ4n) is 17.6. The van der Waals surface area contributed by atoms with Gasteiger partial charge < -0.3 is 29.2 Å². The lowest BCUT2D eigenvalue weighted by Crippen LogP contribution is -2.64. The van der Waals surface area contributed by atoms with Crippen LogP contribution in [-0.2, 0) is 0 Å². The highest BCUT2D eigenvalue weighted by Crippen LogP contribution is 2.56. The van der Waals surface area contributed by atoms with Crippen LogP contribution in [0.4, 0.5) is 85.3 Å². The van der Waals surface area contributed by atoms with Crippen molar-refractivity contribution in [2.75, 3.05) is 24.5 Å². The van der Waals surface area contributed by atoms with E-state index in [4.69, 9.17) is 4.74 Å². The van der Waals surface area contributed by atoms with E-state index < -0.39 is 0 Å². The minimum atomic E-state index is -0.269. The SMILES string of the molecule is c1ccc(-c2cccc(-c3ccccc3)c2N2c3cc4c(cc3B3c5ccccc5N(c5cccc6c5sc5ccccc56)c5cc(N(c6ccccc6)c6ccccc6)cc2c53)B2c3ccccc3N(c3ccccc3)c3cc(N(c5ccccc5)c5cccc6c5sc5ccccc56)cc(c32)O4)cc1. The Hall–Kier alpha value is -13.1. The molecule has 6 nitrogen and oxygen atoms in total. The van der Waals surface area contributed by atoms with Gasteiger partial charge >= 0.3 is 0 Å². The number of nitrogens with zero attached hydrogens (tertiary/aromatic N) is 5. The molecule has 0 saturated heterocycles. The fourth-order valence-corrected chi connectivity index (χ4v) is 20.0. The van der Waals surface area contributed by atoms with Crippen LogP contribution >= 0.6 is 22.7 Å². The average Bonchev–Trinajstić information content (AvgIpc) is 0.907. The van der Waals surface area contributed by atoms with E-state index in [9.17, 15) is 0 Å². The summed E-state index contributed by atoms with van der Waals surface area (Å²) in [4.78, 5) is 12.6. The van der Waals surface area contributed by atoms with Gasteiger partial charge in [-0.05, 0) is 147 Å². The van der Waals surface area contributed by atoms with Crippen molar-refractivity contribution in [1.82, 2.24) is 0 Å². The van der Waals surface area contributed by atoms with Crippen molar-refractivity contribution in [3.63, 3.8) is 0 Å². The molecule has 0 unspecified atom stereocenters.